The summed E-state index contributed by atoms with van der Waals surface area (Å²) in [6.45, 7) is 0. The number of hydrogen-bond acceptors (Lipinski definition) is 2. The minimum absolute atomic E-state index is 0.0305. The van der Waals surface area contributed by atoms with E-state index in [0.717, 1.165) is 29.5 Å². The van der Waals surface area contributed by atoms with E-state index in [9.17, 15) is 18.4 Å². The van der Waals surface area contributed by atoms with Crippen LogP contribution < -0.4 is 11.2 Å². The third-order valence-corrected chi connectivity index (χ3v) is 3.25. The first-order valence-corrected chi connectivity index (χ1v) is 5.61. The molecule has 1 aliphatic carbocycles. The van der Waals surface area contributed by atoms with E-state index in [1.807, 2.05) is 0 Å². The standard InChI is InChI=1S/C12H10F2N2O2/c1-15-10-5-9(14)8(13)4-7(10)11(17)16(12(15)18)6-2-3-6/h4-6H,2-3H2,1H3. The van der Waals surface area contributed by atoms with Gasteiger partial charge in [-0.25, -0.2) is 13.6 Å². The van der Waals surface area contributed by atoms with E-state index in [1.165, 1.54) is 11.6 Å². The number of aromatic nitrogens is 2. The molecule has 4 nitrogen and oxygen atoms in total. The van der Waals surface area contributed by atoms with Gasteiger partial charge in [-0.3, -0.25) is 13.9 Å². The van der Waals surface area contributed by atoms with Crippen molar-refractivity contribution in [2.24, 2.45) is 7.05 Å². The van der Waals surface area contributed by atoms with Crippen molar-refractivity contribution in [3.63, 3.8) is 0 Å². The molecule has 0 aliphatic heterocycles. The number of nitrogens with zero attached hydrogens (tertiary/aromatic N) is 2. The van der Waals surface area contributed by atoms with Crippen molar-refractivity contribution in [3.05, 3.63) is 44.6 Å². The maximum Gasteiger partial charge on any atom is 0.331 e. The highest BCUT2D eigenvalue weighted by Gasteiger charge is 2.28. The second-order valence-corrected chi connectivity index (χ2v) is 4.53. The molecule has 94 valence electrons. The molecule has 0 amide bonds. The molecular formula is C12H10F2N2O2. The largest absolute Gasteiger partial charge is 0.331 e. The Morgan fingerprint density at radius 1 is 1.17 bits per heavy atom. The Bertz CT molecular complexity index is 772. The Hall–Kier alpha value is -1.98. The lowest BCUT2D eigenvalue weighted by Crippen LogP contribution is -2.38. The Labute approximate surface area is 100 Å². The minimum atomic E-state index is -1.08. The quantitative estimate of drug-likeness (QED) is 0.768. The molecule has 0 atom stereocenters. The molecule has 0 radical (unpaired) electrons. The van der Waals surface area contributed by atoms with Crippen molar-refractivity contribution in [3.8, 4) is 0 Å². The predicted octanol–water partition coefficient (Wildman–Crippen LogP) is 1.31. The molecule has 6 heteroatoms. The van der Waals surface area contributed by atoms with Crippen LogP contribution in [0, 0.1) is 11.6 Å². The molecule has 0 spiro atoms. The van der Waals surface area contributed by atoms with Gasteiger partial charge in [-0.05, 0) is 18.9 Å². The molecule has 0 N–H and O–H groups in total. The smallest absolute Gasteiger partial charge is 0.296 e. The number of benzene rings is 1. The summed E-state index contributed by atoms with van der Waals surface area (Å²) in [5.41, 5.74) is -0.920. The Kier molecular flexibility index (Phi) is 2.17. The molecule has 1 saturated carbocycles. The fourth-order valence-electron chi connectivity index (χ4n) is 2.12. The zero-order chi connectivity index (χ0) is 13.0. The zero-order valence-corrected chi connectivity index (χ0v) is 9.61. The van der Waals surface area contributed by atoms with Gasteiger partial charge in [0.2, 0.25) is 0 Å². The monoisotopic (exact) mass is 252 g/mol. The molecule has 1 aromatic carbocycles. The van der Waals surface area contributed by atoms with Crippen molar-refractivity contribution >= 4 is 10.9 Å². The molecule has 0 saturated heterocycles. The Morgan fingerprint density at radius 2 is 1.78 bits per heavy atom. The summed E-state index contributed by atoms with van der Waals surface area (Å²) < 4.78 is 28.7. The Morgan fingerprint density at radius 3 is 2.39 bits per heavy atom. The van der Waals surface area contributed by atoms with Gasteiger partial charge >= 0.3 is 5.69 Å². The molecule has 0 unspecified atom stereocenters. The lowest BCUT2D eigenvalue weighted by molar-refractivity contribution is 0.509. The number of hydrogen-bond donors (Lipinski definition) is 0. The van der Waals surface area contributed by atoms with Crippen LogP contribution in [0.1, 0.15) is 18.9 Å². The van der Waals surface area contributed by atoms with E-state index >= 15 is 0 Å². The Balaban J connectivity index is 2.52. The summed E-state index contributed by atoms with van der Waals surface area (Å²) in [5, 5.41) is 0.0305. The summed E-state index contributed by atoms with van der Waals surface area (Å²) in [5.74, 6) is -2.15. The van der Waals surface area contributed by atoms with Crippen molar-refractivity contribution in [1.29, 1.82) is 0 Å². The number of rotatable bonds is 1. The van der Waals surface area contributed by atoms with Crippen LogP contribution in [-0.4, -0.2) is 9.13 Å². The van der Waals surface area contributed by atoms with Crippen LogP contribution in [-0.2, 0) is 7.05 Å². The summed E-state index contributed by atoms with van der Waals surface area (Å²) in [6.07, 6.45) is 1.54. The molecular weight excluding hydrogens is 242 g/mol. The van der Waals surface area contributed by atoms with Crippen molar-refractivity contribution in [2.45, 2.75) is 18.9 Å². The SMILES string of the molecule is Cn1c(=O)n(C2CC2)c(=O)c2cc(F)c(F)cc21. The summed E-state index contributed by atoms with van der Waals surface area (Å²) in [4.78, 5) is 24.1. The number of fused-ring (bicyclic) bond motifs is 1. The van der Waals surface area contributed by atoms with E-state index in [4.69, 9.17) is 0 Å². The van der Waals surface area contributed by atoms with Crippen LogP contribution in [0.3, 0.4) is 0 Å². The molecule has 0 bridgehead atoms. The van der Waals surface area contributed by atoms with E-state index in [1.54, 1.807) is 0 Å². The molecule has 18 heavy (non-hydrogen) atoms. The van der Waals surface area contributed by atoms with Gasteiger partial charge in [-0.2, -0.15) is 0 Å². The van der Waals surface area contributed by atoms with Gasteiger partial charge in [0.15, 0.2) is 11.6 Å². The van der Waals surface area contributed by atoms with Crippen molar-refractivity contribution in [2.75, 3.05) is 0 Å². The summed E-state index contributed by atoms with van der Waals surface area (Å²) in [6, 6.07) is 1.63. The van der Waals surface area contributed by atoms with Crippen LogP contribution in [0.2, 0.25) is 0 Å². The maximum atomic E-state index is 13.2. The zero-order valence-electron chi connectivity index (χ0n) is 9.61. The van der Waals surface area contributed by atoms with E-state index in [0.29, 0.717) is 0 Å². The van der Waals surface area contributed by atoms with Gasteiger partial charge in [0, 0.05) is 19.2 Å². The third-order valence-electron chi connectivity index (χ3n) is 3.25. The number of halogens is 2. The second-order valence-electron chi connectivity index (χ2n) is 4.53. The second kappa shape index (κ2) is 3.51. The van der Waals surface area contributed by atoms with Gasteiger partial charge in [0.1, 0.15) is 0 Å². The average Bonchev–Trinajstić information content (AvgIpc) is 3.14. The first-order valence-electron chi connectivity index (χ1n) is 5.61. The lowest BCUT2D eigenvalue weighted by atomic mass is 10.2. The average molecular weight is 252 g/mol. The third kappa shape index (κ3) is 1.41. The van der Waals surface area contributed by atoms with E-state index in [2.05, 4.69) is 0 Å². The van der Waals surface area contributed by atoms with Gasteiger partial charge in [-0.15, -0.1) is 0 Å². The lowest BCUT2D eigenvalue weighted by Gasteiger charge is -2.10. The fourth-order valence-corrected chi connectivity index (χ4v) is 2.12. The molecule has 1 aliphatic rings. The maximum absolute atomic E-state index is 13.2. The highest BCUT2D eigenvalue weighted by Crippen LogP contribution is 2.32. The van der Waals surface area contributed by atoms with Crippen LogP contribution in [0.25, 0.3) is 10.9 Å². The summed E-state index contributed by atoms with van der Waals surface area (Å²) >= 11 is 0. The van der Waals surface area contributed by atoms with Gasteiger partial charge in [0.25, 0.3) is 5.56 Å². The summed E-state index contributed by atoms with van der Waals surface area (Å²) in [7, 11) is 1.44. The van der Waals surface area contributed by atoms with Gasteiger partial charge in [0.05, 0.1) is 10.9 Å². The van der Waals surface area contributed by atoms with E-state index < -0.39 is 22.9 Å². The van der Waals surface area contributed by atoms with Crippen LogP contribution in [0.4, 0.5) is 8.78 Å². The molecule has 1 heterocycles. The van der Waals surface area contributed by atoms with Crippen molar-refractivity contribution < 1.29 is 8.78 Å². The van der Waals surface area contributed by atoms with Gasteiger partial charge < -0.3 is 0 Å². The van der Waals surface area contributed by atoms with Crippen LogP contribution in [0.15, 0.2) is 21.7 Å². The highest BCUT2D eigenvalue weighted by molar-refractivity contribution is 5.78. The van der Waals surface area contributed by atoms with Crippen LogP contribution >= 0.6 is 0 Å². The van der Waals surface area contributed by atoms with Gasteiger partial charge in [-0.1, -0.05) is 0 Å². The first-order chi connectivity index (χ1) is 8.50. The normalized spacial score (nSPS) is 15.3. The van der Waals surface area contributed by atoms with Crippen LogP contribution in [0.5, 0.6) is 0 Å². The molecule has 1 fully saturated rings. The first kappa shape index (κ1) is 11.1. The predicted molar refractivity (Wildman–Crippen MR) is 61.6 cm³/mol. The van der Waals surface area contributed by atoms with Crippen molar-refractivity contribution in [1.82, 2.24) is 9.13 Å². The molecule has 1 aromatic heterocycles. The molecule has 3 rings (SSSR count). The molecule has 2 aromatic rings. The highest BCUT2D eigenvalue weighted by atomic mass is 19.2. The van der Waals surface area contributed by atoms with E-state index in [-0.39, 0.29) is 16.9 Å². The topological polar surface area (TPSA) is 44.0 Å². The fraction of sp³-hybridized carbons (Fsp3) is 0.333. The number of aryl methyl sites for hydroxylation is 1. The minimum Gasteiger partial charge on any atom is -0.296 e.